The van der Waals surface area contributed by atoms with Crippen LogP contribution in [0.1, 0.15) is 27.7 Å². The molecule has 9 rings (SSSR count). The Morgan fingerprint density at radius 1 is 0.719 bits per heavy atom. The van der Waals surface area contributed by atoms with Crippen LogP contribution in [0.5, 0.6) is 0 Å². The smallest absolute Gasteiger partial charge is 0.399 e. The summed E-state index contributed by atoms with van der Waals surface area (Å²) < 4.78 is 25.9. The molecule has 302 valence electrons. The summed E-state index contributed by atoms with van der Waals surface area (Å²) in [5, 5.41) is 1.05. The summed E-state index contributed by atoms with van der Waals surface area (Å²) in [4.78, 5) is 30.6. The van der Waals surface area contributed by atoms with Crippen molar-refractivity contribution in [1.29, 1.82) is 0 Å². The number of aromatic nitrogens is 6. The number of hydrogen-bond donors (Lipinski definition) is 3. The molecule has 0 aliphatic carbocycles. The molecule has 3 aliphatic rings. The van der Waals surface area contributed by atoms with Crippen LogP contribution in [0.15, 0.2) is 48.8 Å². The van der Waals surface area contributed by atoms with Crippen molar-refractivity contribution < 1.29 is 56.5 Å². The average molecular weight is 970 g/mol. The molecule has 15 nitrogen and oxygen atoms in total. The van der Waals surface area contributed by atoms with E-state index in [1.165, 1.54) is 14.2 Å². The molecule has 21 heteroatoms. The van der Waals surface area contributed by atoms with Gasteiger partial charge in [0.15, 0.2) is 17.5 Å². The quantitative estimate of drug-likeness (QED) is 0.114. The molecule has 3 saturated heterocycles. The minimum Gasteiger partial charge on any atom is -0.399 e. The molecule has 6 aromatic heterocycles. The summed E-state index contributed by atoms with van der Waals surface area (Å²) in [5.74, 6) is 3.45. The van der Waals surface area contributed by atoms with E-state index in [-0.39, 0.29) is 56.1 Å². The first-order valence-electron chi connectivity index (χ1n) is 17.9. The predicted octanol–water partition coefficient (Wildman–Crippen LogP) is 5.50. The summed E-state index contributed by atoms with van der Waals surface area (Å²) in [7, 11) is -0.363. The van der Waals surface area contributed by atoms with Gasteiger partial charge >= 0.3 is 7.12 Å². The number of rotatable bonds is 4. The maximum atomic E-state index is 5.98. The molecule has 6 N–H and O–H groups in total. The molecule has 0 bridgehead atoms. The molecule has 0 saturated carbocycles. The maximum absolute atomic E-state index is 5.98. The van der Waals surface area contributed by atoms with Crippen molar-refractivity contribution in [2.45, 2.75) is 38.9 Å². The zero-order chi connectivity index (χ0) is 39.6. The average Bonchev–Trinajstić information content (AvgIpc) is 3.82. The largest absolute Gasteiger partial charge is 0.496 e. The van der Waals surface area contributed by atoms with Gasteiger partial charge < -0.3 is 45.8 Å². The third-order valence-electron chi connectivity index (χ3n) is 9.67. The molecule has 0 radical (unpaired) electrons. The van der Waals surface area contributed by atoms with E-state index in [1.807, 2.05) is 52.0 Å². The minimum atomic E-state index is -0.363. The van der Waals surface area contributed by atoms with Crippen molar-refractivity contribution in [2.75, 3.05) is 79.6 Å². The first-order chi connectivity index (χ1) is 26.8. The van der Waals surface area contributed by atoms with Crippen LogP contribution >= 0.6 is 56.9 Å². The Labute approximate surface area is 387 Å². The van der Waals surface area contributed by atoms with E-state index in [9.17, 15) is 0 Å². The third-order valence-corrected chi connectivity index (χ3v) is 12.7. The molecule has 3 fully saturated rings. The molecule has 0 unspecified atom stereocenters. The molecule has 0 spiro atoms. The molecule has 6 aromatic rings. The second-order valence-corrected chi connectivity index (χ2v) is 18.5. The van der Waals surface area contributed by atoms with Crippen LogP contribution in [-0.4, -0.2) is 101 Å². The monoisotopic (exact) mass is 969 g/mol. The van der Waals surface area contributed by atoms with Gasteiger partial charge in [-0.05, 0) is 92.2 Å². The molecule has 0 amide bonds. The number of anilines is 5. The molecule has 57 heavy (non-hydrogen) atoms. The van der Waals surface area contributed by atoms with E-state index in [0.29, 0.717) is 36.0 Å². The van der Waals surface area contributed by atoms with Gasteiger partial charge in [-0.1, -0.05) is 6.07 Å². The van der Waals surface area contributed by atoms with Crippen LogP contribution in [0.25, 0.3) is 31.8 Å². The number of pyridine rings is 2. The number of thiophene rings is 2. The van der Waals surface area contributed by atoms with Crippen molar-refractivity contribution in [3.63, 3.8) is 0 Å². The number of halogens is 2. The fraction of sp³-hybridized carbons (Fsp3) is 0.389. The van der Waals surface area contributed by atoms with E-state index in [2.05, 4.69) is 57.3 Å². The summed E-state index contributed by atoms with van der Waals surface area (Å²) >= 11 is 11.5. The van der Waals surface area contributed by atoms with Gasteiger partial charge in [-0.3, -0.25) is 0 Å². The summed E-state index contributed by atoms with van der Waals surface area (Å²) in [6.45, 7) is 14.3. The third kappa shape index (κ3) is 10.5. The Bertz CT molecular complexity index is 2280. The normalized spacial score (nSPS) is 17.4. The van der Waals surface area contributed by atoms with Crippen LogP contribution in [0, 0.1) is 40.6 Å². The van der Waals surface area contributed by atoms with Crippen LogP contribution in [0.4, 0.5) is 28.3 Å². The Kier molecular flexibility index (Phi) is 14.6. The zero-order valence-electron chi connectivity index (χ0n) is 31.7. The van der Waals surface area contributed by atoms with E-state index >= 15 is 0 Å². The molecule has 0 aromatic carbocycles. The molecule has 0 atom stereocenters. The molecule has 9 heterocycles. The van der Waals surface area contributed by atoms with E-state index in [1.54, 1.807) is 35.9 Å². The van der Waals surface area contributed by atoms with Gasteiger partial charge in [0.1, 0.15) is 11.6 Å². The van der Waals surface area contributed by atoms with Gasteiger partial charge in [-0.25, -0.2) is 24.9 Å². The van der Waals surface area contributed by atoms with E-state index < -0.39 is 0 Å². The van der Waals surface area contributed by atoms with Crippen LogP contribution < -0.4 is 32.5 Å². The summed E-state index contributed by atoms with van der Waals surface area (Å²) in [6, 6.07) is 11.2. The molecular weight excluding hydrogens is 928 g/mol. The van der Waals surface area contributed by atoms with Crippen LogP contribution in [-0.2, 0) is 18.8 Å². The number of morpholine rings is 2. The van der Waals surface area contributed by atoms with E-state index in [4.69, 9.17) is 52.6 Å². The number of hydrogen-bond acceptors (Lipinski definition) is 17. The first kappa shape index (κ1) is 44.1. The summed E-state index contributed by atoms with van der Waals surface area (Å²) in [6.07, 6.45) is 3.38. The maximum Gasteiger partial charge on any atom is 0.496 e. The van der Waals surface area contributed by atoms with Gasteiger partial charge in [0, 0.05) is 87.3 Å². The predicted molar refractivity (Wildman–Crippen MR) is 235 cm³/mol. The number of nitrogen functional groups attached to an aromatic ring is 3. The van der Waals surface area contributed by atoms with Crippen molar-refractivity contribution >= 4 is 118 Å². The van der Waals surface area contributed by atoms with Crippen LogP contribution in [0.3, 0.4) is 0 Å². The van der Waals surface area contributed by atoms with Gasteiger partial charge in [0.2, 0.25) is 5.28 Å². The van der Waals surface area contributed by atoms with Gasteiger partial charge in [0.25, 0.3) is 0 Å². The van der Waals surface area contributed by atoms with Crippen molar-refractivity contribution in [1.82, 2.24) is 29.9 Å². The van der Waals surface area contributed by atoms with Crippen molar-refractivity contribution in [3.8, 4) is 11.4 Å². The number of nitrogens with two attached hydrogens (primary N) is 3. The zero-order valence-corrected chi connectivity index (χ0v) is 37.0. The second-order valence-electron chi connectivity index (χ2n) is 14.1. The first-order valence-corrected chi connectivity index (χ1v) is 21.0. The Hall–Kier alpha value is -2.44. The number of nitrogens with zero attached hydrogens (tertiary/aromatic N) is 8. The second kappa shape index (κ2) is 18.9. The van der Waals surface area contributed by atoms with Gasteiger partial charge in [-0.15, -0.1) is 22.7 Å². The Morgan fingerprint density at radius 3 is 1.82 bits per heavy atom. The Morgan fingerprint density at radius 2 is 1.26 bits per heavy atom. The van der Waals surface area contributed by atoms with Crippen LogP contribution in [0.2, 0.25) is 5.28 Å². The molecular formula is C36H42ArBClIN11O4S2. The standard InChI is InChI=1S/C15H16N6OS.C11H17BN2O2.C10H9ClIN3OS.Ar/c16-11-2-1-9(8-18-11)14-19-10-7-12(17)23-13(10)15(20-14)21-3-5-22-6-4-21;1-10(2)11(3,4)16-12(15-10)8-5-6-9(13)14-7-8;11-10-13-6-5-7(12)17-8(6)9(14-10)15-1-3-16-4-2-15;/h1-2,7-8H,3-6,17H2,(H2,16,18);5-7H,1-4H3,(H2,13,14);5H,1-4H2;. The van der Waals surface area contributed by atoms with Crippen molar-refractivity contribution in [2.24, 2.45) is 0 Å². The van der Waals surface area contributed by atoms with E-state index in [0.717, 1.165) is 87.5 Å². The minimum absolute atomic E-state index is 0. The number of fused-ring (bicyclic) bond motifs is 2. The van der Waals surface area contributed by atoms with Gasteiger partial charge in [0.05, 0.1) is 65.9 Å². The fourth-order valence-electron chi connectivity index (χ4n) is 5.97. The topological polar surface area (TPSA) is 199 Å². The van der Waals surface area contributed by atoms with Gasteiger partial charge in [-0.2, -0.15) is 4.98 Å². The van der Waals surface area contributed by atoms with Crippen molar-refractivity contribution in [3.05, 3.63) is 57.0 Å². The number of ether oxygens (including phenoxy) is 2. The summed E-state index contributed by atoms with van der Waals surface area (Å²) in [5.41, 5.74) is 20.0. The molecule has 3 aliphatic heterocycles. The SMILES string of the molecule is CC1(C)OB(c2ccc(N)nc2)OC1(C)C.Clc1nc(N2CCOCC2)c2sc(I)cc2n1.Nc1ccc(-c2nc(N3CCOCC3)c3sc(N)cc3n2)cn1.[Ar]. The fourth-order valence-corrected chi connectivity index (χ4v) is 8.82. The Balaban J connectivity index is 0.000000147.